The summed E-state index contributed by atoms with van der Waals surface area (Å²) in [6, 6.07) is 6.39. The van der Waals surface area contributed by atoms with Crippen molar-refractivity contribution in [3.8, 4) is 11.3 Å². The predicted octanol–water partition coefficient (Wildman–Crippen LogP) is 2.87. The highest BCUT2D eigenvalue weighted by Crippen LogP contribution is 2.30. The largest absolute Gasteiger partial charge is 0.370 e. The number of hydrogen-bond acceptors (Lipinski definition) is 3. The highest BCUT2D eigenvalue weighted by Gasteiger charge is 2.23. The highest BCUT2D eigenvalue weighted by atomic mass is 19.1. The minimum Gasteiger partial charge on any atom is -0.370 e. The molecule has 2 aromatic rings. The van der Waals surface area contributed by atoms with Crippen molar-refractivity contribution in [3.05, 3.63) is 41.8 Å². The lowest BCUT2D eigenvalue weighted by Gasteiger charge is -2.22. The molecule has 1 aromatic carbocycles. The van der Waals surface area contributed by atoms with Crippen molar-refractivity contribution in [2.24, 2.45) is 11.7 Å². The molecule has 144 valence electrons. The molecule has 0 radical (unpaired) electrons. The standard InChI is InChI=1S/C20H25FN4O2/c21-17-9-5-4-8-15(17)19-16(20(27)23-11-10-18(22)26)12-24-25(19)13-14-6-2-1-3-7-14/h4-5,8-9,12,14H,1-3,6-7,10-11,13H2,(H2,22,26)(H,23,27). The summed E-state index contributed by atoms with van der Waals surface area (Å²) >= 11 is 0. The third-order valence-electron chi connectivity index (χ3n) is 5.03. The van der Waals surface area contributed by atoms with Gasteiger partial charge in [-0.05, 0) is 30.9 Å². The first-order valence-electron chi connectivity index (χ1n) is 9.43. The second-order valence-corrected chi connectivity index (χ2v) is 7.05. The fourth-order valence-corrected chi connectivity index (χ4v) is 3.64. The third kappa shape index (κ3) is 4.72. The van der Waals surface area contributed by atoms with Crippen LogP contribution >= 0.6 is 0 Å². The maximum absolute atomic E-state index is 14.5. The average molecular weight is 372 g/mol. The van der Waals surface area contributed by atoms with Crippen LogP contribution in [0.15, 0.2) is 30.5 Å². The van der Waals surface area contributed by atoms with Gasteiger partial charge < -0.3 is 11.1 Å². The van der Waals surface area contributed by atoms with Crippen molar-refractivity contribution in [2.75, 3.05) is 6.54 Å². The maximum Gasteiger partial charge on any atom is 0.255 e. The van der Waals surface area contributed by atoms with Crippen LogP contribution in [0.4, 0.5) is 4.39 Å². The van der Waals surface area contributed by atoms with Crippen LogP contribution in [0, 0.1) is 11.7 Å². The molecule has 3 N–H and O–H groups in total. The number of benzene rings is 1. The number of nitrogens with two attached hydrogens (primary N) is 1. The second kappa shape index (κ2) is 8.79. The molecule has 7 heteroatoms. The van der Waals surface area contributed by atoms with Crippen molar-refractivity contribution < 1.29 is 14.0 Å². The van der Waals surface area contributed by atoms with Gasteiger partial charge in [-0.1, -0.05) is 31.4 Å². The molecule has 1 aliphatic rings. The molecule has 1 saturated carbocycles. The summed E-state index contributed by atoms with van der Waals surface area (Å²) in [4.78, 5) is 23.5. The lowest BCUT2D eigenvalue weighted by atomic mass is 9.89. The molecule has 27 heavy (non-hydrogen) atoms. The number of nitrogens with zero attached hydrogens (tertiary/aromatic N) is 2. The molecule has 0 atom stereocenters. The molecule has 1 fully saturated rings. The van der Waals surface area contributed by atoms with Crippen LogP contribution in [0.25, 0.3) is 11.3 Å². The predicted molar refractivity (Wildman–Crippen MR) is 100 cm³/mol. The van der Waals surface area contributed by atoms with Gasteiger partial charge in [0, 0.05) is 25.1 Å². The van der Waals surface area contributed by atoms with Gasteiger partial charge >= 0.3 is 0 Å². The number of rotatable bonds is 7. The average Bonchev–Trinajstić information content (AvgIpc) is 3.06. The van der Waals surface area contributed by atoms with Gasteiger partial charge in [0.25, 0.3) is 5.91 Å². The number of halogens is 1. The lowest BCUT2D eigenvalue weighted by molar-refractivity contribution is -0.117. The zero-order valence-corrected chi connectivity index (χ0v) is 15.3. The summed E-state index contributed by atoms with van der Waals surface area (Å²) in [7, 11) is 0. The van der Waals surface area contributed by atoms with Crippen LogP contribution < -0.4 is 11.1 Å². The van der Waals surface area contributed by atoms with E-state index in [2.05, 4.69) is 10.4 Å². The van der Waals surface area contributed by atoms with Crippen LogP contribution in [0.1, 0.15) is 48.9 Å². The molecule has 0 saturated heterocycles. The van der Waals surface area contributed by atoms with Crippen LogP contribution in [0.5, 0.6) is 0 Å². The van der Waals surface area contributed by atoms with Crippen molar-refractivity contribution in [1.29, 1.82) is 0 Å². The van der Waals surface area contributed by atoms with E-state index in [1.807, 2.05) is 0 Å². The maximum atomic E-state index is 14.5. The van der Waals surface area contributed by atoms with Crippen LogP contribution in [0.3, 0.4) is 0 Å². The van der Waals surface area contributed by atoms with E-state index < -0.39 is 11.7 Å². The number of nitrogens with one attached hydrogen (secondary N) is 1. The molecule has 6 nitrogen and oxygen atoms in total. The van der Waals surface area contributed by atoms with E-state index in [1.54, 1.807) is 22.9 Å². The smallest absolute Gasteiger partial charge is 0.255 e. The van der Waals surface area contributed by atoms with Gasteiger partial charge in [0.1, 0.15) is 5.82 Å². The Kier molecular flexibility index (Phi) is 6.21. The van der Waals surface area contributed by atoms with Crippen LogP contribution in [-0.4, -0.2) is 28.1 Å². The minimum atomic E-state index is -0.488. The Morgan fingerprint density at radius 2 is 1.96 bits per heavy atom. The molecule has 0 bridgehead atoms. The number of amides is 2. The lowest BCUT2D eigenvalue weighted by Crippen LogP contribution is -2.28. The summed E-state index contributed by atoms with van der Waals surface area (Å²) < 4.78 is 16.2. The molecule has 1 aromatic heterocycles. The molecule has 0 unspecified atom stereocenters. The Bertz CT molecular complexity index is 812. The summed E-state index contributed by atoms with van der Waals surface area (Å²) in [5.41, 5.74) is 6.25. The van der Waals surface area contributed by atoms with Crippen LogP contribution in [-0.2, 0) is 11.3 Å². The topological polar surface area (TPSA) is 90.0 Å². The third-order valence-corrected chi connectivity index (χ3v) is 5.03. The first-order valence-corrected chi connectivity index (χ1v) is 9.43. The quantitative estimate of drug-likeness (QED) is 0.783. The molecular formula is C20H25FN4O2. The minimum absolute atomic E-state index is 0.0526. The van der Waals surface area contributed by atoms with Gasteiger partial charge in [-0.15, -0.1) is 0 Å². The molecule has 1 aliphatic carbocycles. The van der Waals surface area contributed by atoms with E-state index in [0.717, 1.165) is 12.8 Å². The number of carbonyl (C=O) groups excluding carboxylic acids is 2. The fraction of sp³-hybridized carbons (Fsp3) is 0.450. The molecule has 3 rings (SSSR count). The van der Waals surface area contributed by atoms with E-state index in [0.29, 0.717) is 29.3 Å². The normalized spacial score (nSPS) is 14.9. The van der Waals surface area contributed by atoms with E-state index in [1.165, 1.54) is 31.5 Å². The number of aromatic nitrogens is 2. The van der Waals surface area contributed by atoms with Crippen LogP contribution in [0.2, 0.25) is 0 Å². The Hall–Kier alpha value is -2.70. The fourth-order valence-electron chi connectivity index (χ4n) is 3.64. The van der Waals surface area contributed by atoms with Gasteiger partial charge in [-0.2, -0.15) is 5.10 Å². The van der Waals surface area contributed by atoms with Gasteiger partial charge in [0.05, 0.1) is 17.5 Å². The molecule has 0 aliphatic heterocycles. The second-order valence-electron chi connectivity index (χ2n) is 7.05. The Labute approximate surface area is 157 Å². The van der Waals surface area contributed by atoms with Crippen molar-refractivity contribution in [2.45, 2.75) is 45.1 Å². The van der Waals surface area contributed by atoms with Gasteiger partial charge in [0.2, 0.25) is 5.91 Å². The zero-order valence-electron chi connectivity index (χ0n) is 15.3. The summed E-state index contributed by atoms with van der Waals surface area (Å²) in [5.74, 6) is -0.786. The summed E-state index contributed by atoms with van der Waals surface area (Å²) in [5, 5.41) is 7.05. The summed E-state index contributed by atoms with van der Waals surface area (Å²) in [6.45, 7) is 0.802. The summed E-state index contributed by atoms with van der Waals surface area (Å²) in [6.07, 6.45) is 7.42. The van der Waals surface area contributed by atoms with Crippen molar-refractivity contribution >= 4 is 11.8 Å². The molecule has 0 spiro atoms. The molecule has 1 heterocycles. The van der Waals surface area contributed by atoms with Gasteiger partial charge in [-0.25, -0.2) is 4.39 Å². The number of hydrogen-bond donors (Lipinski definition) is 2. The van der Waals surface area contributed by atoms with E-state index in [-0.39, 0.29) is 18.9 Å². The Morgan fingerprint density at radius 3 is 2.67 bits per heavy atom. The first kappa shape index (κ1) is 19.1. The monoisotopic (exact) mass is 372 g/mol. The SMILES string of the molecule is NC(=O)CCNC(=O)c1cnn(CC2CCCCC2)c1-c1ccccc1F. The zero-order chi connectivity index (χ0) is 19.2. The van der Waals surface area contributed by atoms with E-state index in [4.69, 9.17) is 5.73 Å². The highest BCUT2D eigenvalue weighted by molar-refractivity contribution is 6.00. The molecule has 2 amide bonds. The Balaban J connectivity index is 1.89. The van der Waals surface area contributed by atoms with E-state index >= 15 is 0 Å². The number of primary amides is 1. The molecular weight excluding hydrogens is 347 g/mol. The van der Waals surface area contributed by atoms with Crippen molar-refractivity contribution in [3.63, 3.8) is 0 Å². The first-order chi connectivity index (χ1) is 13.1. The Morgan fingerprint density at radius 1 is 1.22 bits per heavy atom. The van der Waals surface area contributed by atoms with E-state index in [9.17, 15) is 14.0 Å². The van der Waals surface area contributed by atoms with Gasteiger partial charge in [-0.3, -0.25) is 14.3 Å². The van der Waals surface area contributed by atoms with Gasteiger partial charge in [0.15, 0.2) is 0 Å². The number of carbonyl (C=O) groups is 2. The van der Waals surface area contributed by atoms with Crippen molar-refractivity contribution in [1.82, 2.24) is 15.1 Å².